The number of tetrazole rings is 1. The lowest BCUT2D eigenvalue weighted by Crippen LogP contribution is -2.11. The number of halogens is 1. The van der Waals surface area contributed by atoms with E-state index in [0.29, 0.717) is 11.4 Å². The molecule has 0 spiro atoms. The monoisotopic (exact) mass is 441 g/mol. The predicted molar refractivity (Wildman–Crippen MR) is 113 cm³/mol. The van der Waals surface area contributed by atoms with E-state index in [-0.39, 0.29) is 17.5 Å². The summed E-state index contributed by atoms with van der Waals surface area (Å²) in [6.45, 7) is 0. The standard InChI is InChI=1S/C18H16FN9O2S/c1-31(29,30)25-16-5-3-2-4-15(16)23-17-14(19)10-20-18(24-17)22-12-6-8-13(9-7-12)28-11-21-26-27-28/h2-11,25H,1H3,(H2,20,22,23,24). The van der Waals surface area contributed by atoms with Gasteiger partial charge in [-0.15, -0.1) is 5.10 Å². The first kappa shape index (κ1) is 20.2. The van der Waals surface area contributed by atoms with Gasteiger partial charge in [-0.25, -0.2) is 22.5 Å². The highest BCUT2D eigenvalue weighted by Crippen LogP contribution is 2.27. The maximum atomic E-state index is 14.3. The average molecular weight is 441 g/mol. The minimum atomic E-state index is -3.51. The van der Waals surface area contributed by atoms with Gasteiger partial charge >= 0.3 is 0 Å². The van der Waals surface area contributed by atoms with Crippen molar-refractivity contribution in [1.82, 2.24) is 30.2 Å². The molecule has 31 heavy (non-hydrogen) atoms. The third-order valence-electron chi connectivity index (χ3n) is 3.96. The second-order valence-electron chi connectivity index (χ2n) is 6.36. The normalized spacial score (nSPS) is 11.2. The van der Waals surface area contributed by atoms with Crippen molar-refractivity contribution >= 4 is 38.9 Å². The van der Waals surface area contributed by atoms with Crippen LogP contribution in [0.4, 0.5) is 33.2 Å². The molecule has 4 aromatic rings. The number of hydrogen-bond acceptors (Lipinski definition) is 9. The van der Waals surface area contributed by atoms with E-state index >= 15 is 0 Å². The zero-order valence-corrected chi connectivity index (χ0v) is 16.9. The van der Waals surface area contributed by atoms with Gasteiger partial charge in [0.1, 0.15) is 6.33 Å². The van der Waals surface area contributed by atoms with Crippen molar-refractivity contribution in [3.05, 3.63) is 66.9 Å². The number of nitrogens with one attached hydrogen (secondary N) is 3. The molecule has 0 unspecified atom stereocenters. The highest BCUT2D eigenvalue weighted by Gasteiger charge is 2.12. The fourth-order valence-corrected chi connectivity index (χ4v) is 3.21. The predicted octanol–water partition coefficient (Wildman–Crippen LogP) is 2.45. The summed E-state index contributed by atoms with van der Waals surface area (Å²) in [5.74, 6) is -0.674. The van der Waals surface area contributed by atoms with Crippen molar-refractivity contribution < 1.29 is 12.8 Å². The Balaban J connectivity index is 1.54. The van der Waals surface area contributed by atoms with Crippen LogP contribution in [0.5, 0.6) is 0 Å². The molecular weight excluding hydrogens is 425 g/mol. The molecule has 0 aliphatic heterocycles. The largest absolute Gasteiger partial charge is 0.336 e. The van der Waals surface area contributed by atoms with Gasteiger partial charge in [-0.05, 0) is 46.8 Å². The topological polar surface area (TPSA) is 140 Å². The number of anilines is 5. The summed E-state index contributed by atoms with van der Waals surface area (Å²) < 4.78 is 41.3. The lowest BCUT2D eigenvalue weighted by Gasteiger charge is -2.13. The maximum Gasteiger partial charge on any atom is 0.229 e. The van der Waals surface area contributed by atoms with Gasteiger partial charge in [-0.3, -0.25) is 4.72 Å². The van der Waals surface area contributed by atoms with Crippen LogP contribution in [0, 0.1) is 5.82 Å². The van der Waals surface area contributed by atoms with Gasteiger partial charge in [0.05, 0.1) is 29.5 Å². The van der Waals surface area contributed by atoms with Crippen LogP contribution in [0.1, 0.15) is 0 Å². The van der Waals surface area contributed by atoms with Crippen LogP contribution < -0.4 is 15.4 Å². The Morgan fingerprint density at radius 2 is 1.74 bits per heavy atom. The number of rotatable bonds is 7. The molecule has 0 amide bonds. The van der Waals surface area contributed by atoms with Gasteiger partial charge in [0.15, 0.2) is 11.6 Å². The van der Waals surface area contributed by atoms with Crippen LogP contribution in [-0.4, -0.2) is 44.8 Å². The molecule has 2 aromatic carbocycles. The van der Waals surface area contributed by atoms with Gasteiger partial charge in [-0.2, -0.15) is 4.98 Å². The second-order valence-corrected chi connectivity index (χ2v) is 8.11. The molecule has 0 aliphatic rings. The van der Waals surface area contributed by atoms with E-state index in [4.69, 9.17) is 0 Å². The molecule has 11 nitrogen and oxygen atoms in total. The third kappa shape index (κ3) is 5.08. The van der Waals surface area contributed by atoms with Crippen molar-refractivity contribution in [3.63, 3.8) is 0 Å². The quantitative estimate of drug-likeness (QED) is 0.394. The summed E-state index contributed by atoms with van der Waals surface area (Å²) >= 11 is 0. The Hall–Kier alpha value is -4.13. The van der Waals surface area contributed by atoms with Crippen molar-refractivity contribution in [2.75, 3.05) is 21.6 Å². The van der Waals surface area contributed by atoms with E-state index in [0.717, 1.165) is 18.1 Å². The van der Waals surface area contributed by atoms with E-state index in [1.165, 1.54) is 11.0 Å². The Labute approximate surface area is 176 Å². The number of nitrogens with zero attached hydrogens (tertiary/aromatic N) is 6. The first-order chi connectivity index (χ1) is 14.9. The summed E-state index contributed by atoms with van der Waals surface area (Å²) in [6, 6.07) is 13.6. The zero-order valence-electron chi connectivity index (χ0n) is 16.1. The SMILES string of the molecule is CS(=O)(=O)Nc1ccccc1Nc1nc(Nc2ccc(-n3cnnn3)cc2)ncc1F. The van der Waals surface area contributed by atoms with Crippen LogP contribution in [0.15, 0.2) is 61.1 Å². The smallest absolute Gasteiger partial charge is 0.229 e. The molecule has 0 fully saturated rings. The summed E-state index contributed by atoms with van der Waals surface area (Å²) in [5, 5.41) is 16.8. The molecule has 0 aliphatic carbocycles. The minimum absolute atomic E-state index is 0.120. The van der Waals surface area contributed by atoms with Gasteiger partial charge in [-0.1, -0.05) is 12.1 Å². The van der Waals surface area contributed by atoms with Crippen LogP contribution in [0.2, 0.25) is 0 Å². The number of benzene rings is 2. The Morgan fingerprint density at radius 3 is 2.42 bits per heavy atom. The number of sulfonamides is 1. The number of hydrogen-bond donors (Lipinski definition) is 3. The second kappa shape index (κ2) is 8.31. The van der Waals surface area contributed by atoms with Gasteiger partial charge in [0.25, 0.3) is 0 Å². The molecule has 0 saturated carbocycles. The van der Waals surface area contributed by atoms with E-state index in [9.17, 15) is 12.8 Å². The summed E-state index contributed by atoms with van der Waals surface area (Å²) in [6.07, 6.45) is 3.52. The number of aromatic nitrogens is 6. The lowest BCUT2D eigenvalue weighted by molar-refractivity contribution is 0.607. The average Bonchev–Trinajstić information content (AvgIpc) is 3.26. The number of para-hydroxylation sites is 2. The first-order valence-corrected chi connectivity index (χ1v) is 10.7. The van der Waals surface area contributed by atoms with Crippen molar-refractivity contribution in [3.8, 4) is 5.69 Å². The molecule has 0 saturated heterocycles. The van der Waals surface area contributed by atoms with E-state index in [1.807, 2.05) is 0 Å². The molecule has 2 heterocycles. The summed E-state index contributed by atoms with van der Waals surface area (Å²) in [7, 11) is -3.51. The van der Waals surface area contributed by atoms with Gasteiger partial charge in [0, 0.05) is 5.69 Å². The summed E-state index contributed by atoms with van der Waals surface area (Å²) in [4.78, 5) is 8.09. The summed E-state index contributed by atoms with van der Waals surface area (Å²) in [5.41, 5.74) is 2.01. The molecule has 0 radical (unpaired) electrons. The Bertz CT molecular complexity index is 1300. The van der Waals surface area contributed by atoms with Crippen molar-refractivity contribution in [2.45, 2.75) is 0 Å². The first-order valence-electron chi connectivity index (χ1n) is 8.84. The van der Waals surface area contributed by atoms with Gasteiger partial charge in [0.2, 0.25) is 16.0 Å². The molecule has 13 heteroatoms. The van der Waals surface area contributed by atoms with Crippen LogP contribution in [0.3, 0.4) is 0 Å². The lowest BCUT2D eigenvalue weighted by atomic mass is 10.2. The minimum Gasteiger partial charge on any atom is -0.336 e. The fourth-order valence-electron chi connectivity index (χ4n) is 2.63. The molecule has 158 valence electrons. The Kier molecular flexibility index (Phi) is 5.41. The van der Waals surface area contributed by atoms with Crippen LogP contribution >= 0.6 is 0 Å². The molecule has 0 atom stereocenters. The molecule has 0 bridgehead atoms. The molecular formula is C18H16FN9O2S. The molecule has 2 aromatic heterocycles. The van der Waals surface area contributed by atoms with Crippen molar-refractivity contribution in [2.24, 2.45) is 0 Å². The highest BCUT2D eigenvalue weighted by molar-refractivity contribution is 7.92. The maximum absolute atomic E-state index is 14.3. The van der Waals surface area contributed by atoms with Crippen LogP contribution in [0.25, 0.3) is 5.69 Å². The highest BCUT2D eigenvalue weighted by atomic mass is 32.2. The fraction of sp³-hybridized carbons (Fsp3) is 0.0556. The van der Waals surface area contributed by atoms with E-state index in [2.05, 4.69) is 40.8 Å². The molecule has 4 rings (SSSR count). The Morgan fingerprint density at radius 1 is 1.00 bits per heavy atom. The van der Waals surface area contributed by atoms with E-state index in [1.54, 1.807) is 48.5 Å². The van der Waals surface area contributed by atoms with Crippen LogP contribution in [-0.2, 0) is 10.0 Å². The van der Waals surface area contributed by atoms with E-state index < -0.39 is 15.8 Å². The third-order valence-corrected chi connectivity index (χ3v) is 4.55. The molecule has 3 N–H and O–H groups in total. The van der Waals surface area contributed by atoms with Gasteiger partial charge < -0.3 is 10.6 Å². The zero-order chi connectivity index (χ0) is 21.8. The van der Waals surface area contributed by atoms with Crippen molar-refractivity contribution in [1.29, 1.82) is 0 Å².